The summed E-state index contributed by atoms with van der Waals surface area (Å²) in [6.07, 6.45) is 0.762. The second-order valence-electron chi connectivity index (χ2n) is 5.87. The summed E-state index contributed by atoms with van der Waals surface area (Å²) in [5.74, 6) is 1.28. The van der Waals surface area contributed by atoms with Crippen LogP contribution in [0, 0.1) is 13.8 Å². The van der Waals surface area contributed by atoms with Gasteiger partial charge in [-0.05, 0) is 34.1 Å². The largest absolute Gasteiger partial charge is 0.361 e. The molecule has 1 fully saturated rings. The molecule has 1 aliphatic heterocycles. The van der Waals surface area contributed by atoms with Crippen molar-refractivity contribution in [2.45, 2.75) is 58.4 Å². The maximum Gasteiger partial charge on any atom is 0.318 e. The lowest BCUT2D eigenvalue weighted by molar-refractivity contribution is 0.175. The van der Waals surface area contributed by atoms with E-state index in [2.05, 4.69) is 10.5 Å². The van der Waals surface area contributed by atoms with Gasteiger partial charge in [-0.3, -0.25) is 4.21 Å². The first-order valence-corrected chi connectivity index (χ1v) is 9.12. The number of urea groups is 1. The van der Waals surface area contributed by atoms with Crippen molar-refractivity contribution >= 4 is 16.8 Å². The molecule has 22 heavy (non-hydrogen) atoms. The van der Waals surface area contributed by atoms with Crippen molar-refractivity contribution in [3.63, 3.8) is 0 Å². The number of carbonyl (C=O) groups excluding carboxylic acids is 1. The first kappa shape index (κ1) is 17.0. The molecular formula is C15H25N3O3S. The Morgan fingerprint density at radius 2 is 2.18 bits per heavy atom. The summed E-state index contributed by atoms with van der Waals surface area (Å²) in [5.41, 5.74) is 1.77. The lowest BCUT2D eigenvalue weighted by Crippen LogP contribution is -2.55. The van der Waals surface area contributed by atoms with Gasteiger partial charge in [-0.25, -0.2) is 4.79 Å². The third-order valence-corrected chi connectivity index (χ3v) is 6.33. The highest BCUT2D eigenvalue weighted by molar-refractivity contribution is 7.85. The second kappa shape index (κ2) is 6.81. The molecule has 124 valence electrons. The Balaban J connectivity index is 2.11. The standard InChI is InChI=1S/C15H25N3O3S/c1-6-13(14-9(2)17-21-11(14)4)16-15(19)18-7-8-22(20)12(5)10(18)3/h10,12-13H,6-8H2,1-5H3,(H,16,19). The molecule has 4 unspecified atom stereocenters. The zero-order valence-electron chi connectivity index (χ0n) is 13.9. The Hall–Kier alpha value is -1.37. The fourth-order valence-corrected chi connectivity index (χ4v) is 4.27. The molecule has 1 saturated heterocycles. The molecular weight excluding hydrogens is 302 g/mol. The van der Waals surface area contributed by atoms with E-state index in [-0.39, 0.29) is 23.4 Å². The van der Waals surface area contributed by atoms with Crippen molar-refractivity contribution in [3.8, 4) is 0 Å². The van der Waals surface area contributed by atoms with Crippen molar-refractivity contribution in [1.29, 1.82) is 0 Å². The minimum Gasteiger partial charge on any atom is -0.361 e. The molecule has 4 atom stereocenters. The van der Waals surface area contributed by atoms with Gasteiger partial charge in [0.1, 0.15) is 5.76 Å². The van der Waals surface area contributed by atoms with E-state index in [1.54, 1.807) is 4.90 Å². The average Bonchev–Trinajstić information content (AvgIpc) is 2.81. The van der Waals surface area contributed by atoms with Gasteiger partial charge >= 0.3 is 6.03 Å². The molecule has 7 heteroatoms. The van der Waals surface area contributed by atoms with E-state index in [0.717, 1.165) is 23.4 Å². The smallest absolute Gasteiger partial charge is 0.318 e. The van der Waals surface area contributed by atoms with Gasteiger partial charge in [0, 0.05) is 34.7 Å². The van der Waals surface area contributed by atoms with Gasteiger partial charge in [0.05, 0.1) is 17.0 Å². The van der Waals surface area contributed by atoms with Gasteiger partial charge in [0.2, 0.25) is 0 Å². The summed E-state index contributed by atoms with van der Waals surface area (Å²) in [6.45, 7) is 10.2. The van der Waals surface area contributed by atoms with Gasteiger partial charge in [0.25, 0.3) is 0 Å². The Morgan fingerprint density at radius 1 is 1.50 bits per heavy atom. The molecule has 0 aliphatic carbocycles. The van der Waals surface area contributed by atoms with E-state index in [1.165, 1.54) is 0 Å². The van der Waals surface area contributed by atoms with Crippen LogP contribution in [0.25, 0.3) is 0 Å². The summed E-state index contributed by atoms with van der Waals surface area (Å²) < 4.78 is 17.1. The van der Waals surface area contributed by atoms with Crippen LogP contribution in [0.4, 0.5) is 4.79 Å². The first-order chi connectivity index (χ1) is 10.4. The maximum atomic E-state index is 12.6. The number of hydrogen-bond donors (Lipinski definition) is 1. The number of aromatic nitrogens is 1. The van der Waals surface area contributed by atoms with E-state index >= 15 is 0 Å². The highest BCUT2D eigenvalue weighted by Crippen LogP contribution is 2.25. The van der Waals surface area contributed by atoms with Gasteiger partial charge in [0.15, 0.2) is 0 Å². The quantitative estimate of drug-likeness (QED) is 0.924. The van der Waals surface area contributed by atoms with Crippen LogP contribution in [0.2, 0.25) is 0 Å². The topological polar surface area (TPSA) is 75.4 Å². The average molecular weight is 327 g/mol. The predicted octanol–water partition coefficient (Wildman–Crippen LogP) is 2.29. The fraction of sp³-hybridized carbons (Fsp3) is 0.733. The van der Waals surface area contributed by atoms with Crippen LogP contribution in [0.1, 0.15) is 50.3 Å². The van der Waals surface area contributed by atoms with Gasteiger partial charge < -0.3 is 14.7 Å². The van der Waals surface area contributed by atoms with Crippen LogP contribution in [0.3, 0.4) is 0 Å². The number of carbonyl (C=O) groups is 1. The zero-order chi connectivity index (χ0) is 16.4. The zero-order valence-corrected chi connectivity index (χ0v) is 14.7. The van der Waals surface area contributed by atoms with Crippen LogP contribution in [-0.4, -0.2) is 43.9 Å². The monoisotopic (exact) mass is 327 g/mol. The number of rotatable bonds is 3. The SMILES string of the molecule is CCC(NC(=O)N1CCS(=O)C(C)C1C)c1c(C)noc1C. The van der Waals surface area contributed by atoms with Crippen molar-refractivity contribution in [1.82, 2.24) is 15.4 Å². The number of nitrogens with one attached hydrogen (secondary N) is 1. The highest BCUT2D eigenvalue weighted by atomic mass is 32.2. The molecule has 0 aromatic carbocycles. The minimum atomic E-state index is -0.850. The van der Waals surface area contributed by atoms with Crippen molar-refractivity contribution in [3.05, 3.63) is 17.0 Å². The molecule has 0 radical (unpaired) electrons. The summed E-state index contributed by atoms with van der Waals surface area (Å²) in [7, 11) is -0.850. The predicted molar refractivity (Wildman–Crippen MR) is 86.2 cm³/mol. The summed E-state index contributed by atoms with van der Waals surface area (Å²) in [6, 6.07) is -0.256. The lowest BCUT2D eigenvalue weighted by Gasteiger charge is -2.38. The number of amides is 2. The molecule has 6 nitrogen and oxygen atoms in total. The third-order valence-electron chi connectivity index (χ3n) is 4.52. The van der Waals surface area contributed by atoms with E-state index in [1.807, 2.05) is 34.6 Å². The Morgan fingerprint density at radius 3 is 2.73 bits per heavy atom. The molecule has 2 heterocycles. The second-order valence-corrected chi connectivity index (χ2v) is 7.79. The summed E-state index contributed by atoms with van der Waals surface area (Å²) >= 11 is 0. The summed E-state index contributed by atoms with van der Waals surface area (Å²) in [4.78, 5) is 14.4. The Labute approximate surface area is 134 Å². The Bertz CT molecular complexity index is 553. The van der Waals surface area contributed by atoms with E-state index in [0.29, 0.717) is 12.3 Å². The highest BCUT2D eigenvalue weighted by Gasteiger charge is 2.34. The lowest BCUT2D eigenvalue weighted by atomic mass is 10.0. The van der Waals surface area contributed by atoms with Crippen molar-refractivity contribution < 1.29 is 13.5 Å². The normalized spacial score (nSPS) is 26.8. The molecule has 1 N–H and O–H groups in total. The third kappa shape index (κ3) is 3.19. The number of aryl methyl sites for hydroxylation is 2. The van der Waals surface area contributed by atoms with Crippen LogP contribution in [0.5, 0.6) is 0 Å². The number of hydrogen-bond acceptors (Lipinski definition) is 4. The van der Waals surface area contributed by atoms with Crippen LogP contribution in [-0.2, 0) is 10.8 Å². The molecule has 1 aromatic heterocycles. The van der Waals surface area contributed by atoms with Gasteiger partial charge in [-0.1, -0.05) is 12.1 Å². The molecule has 0 saturated carbocycles. The van der Waals surface area contributed by atoms with E-state index < -0.39 is 10.8 Å². The van der Waals surface area contributed by atoms with Crippen molar-refractivity contribution in [2.75, 3.05) is 12.3 Å². The maximum absolute atomic E-state index is 12.6. The molecule has 1 aliphatic rings. The molecule has 1 aromatic rings. The minimum absolute atomic E-state index is 0.00126. The van der Waals surface area contributed by atoms with E-state index in [4.69, 9.17) is 4.52 Å². The van der Waals surface area contributed by atoms with Crippen LogP contribution in [0.15, 0.2) is 4.52 Å². The van der Waals surface area contributed by atoms with Crippen molar-refractivity contribution in [2.24, 2.45) is 0 Å². The number of nitrogens with zero attached hydrogens (tertiary/aromatic N) is 2. The fourth-order valence-electron chi connectivity index (χ4n) is 2.94. The van der Waals surface area contributed by atoms with Crippen LogP contribution >= 0.6 is 0 Å². The van der Waals surface area contributed by atoms with Crippen LogP contribution < -0.4 is 5.32 Å². The molecule has 2 rings (SSSR count). The Kier molecular flexibility index (Phi) is 5.26. The first-order valence-electron chi connectivity index (χ1n) is 7.73. The van der Waals surface area contributed by atoms with Gasteiger partial charge in [-0.15, -0.1) is 0 Å². The molecule has 0 spiro atoms. The molecule has 0 bridgehead atoms. The summed E-state index contributed by atoms with van der Waals surface area (Å²) in [5, 5.41) is 7.03. The molecule has 2 amide bonds. The van der Waals surface area contributed by atoms with Gasteiger partial charge in [-0.2, -0.15) is 0 Å². The van der Waals surface area contributed by atoms with E-state index in [9.17, 15) is 9.00 Å².